The van der Waals surface area contributed by atoms with Gasteiger partial charge in [0.15, 0.2) is 0 Å². The van der Waals surface area contributed by atoms with Crippen LogP contribution in [0.25, 0.3) is 0 Å². The molecule has 1 aliphatic rings. The molecule has 1 atom stereocenters. The maximum Gasteiger partial charge on any atom is 0.240 e. The molecule has 1 aliphatic heterocycles. The molecule has 18 heavy (non-hydrogen) atoms. The Balaban J connectivity index is 2.15. The van der Waals surface area contributed by atoms with Crippen LogP contribution in [0.4, 0.5) is 0 Å². The van der Waals surface area contributed by atoms with E-state index in [2.05, 4.69) is 18.2 Å². The second-order valence-electron chi connectivity index (χ2n) is 5.40. The molecule has 0 aromatic heterocycles. The number of fused-ring (bicyclic) bond motifs is 1. The average Bonchev–Trinajstić information content (AvgIpc) is 2.58. The van der Waals surface area contributed by atoms with Gasteiger partial charge in [-0.2, -0.15) is 0 Å². The number of nitrogens with zero attached hydrogens (tertiary/aromatic N) is 1. The fraction of sp³-hybridized carbons (Fsp3) is 0.533. The van der Waals surface area contributed by atoms with Crippen LogP contribution in [0.1, 0.15) is 31.4 Å². The Morgan fingerprint density at radius 3 is 2.61 bits per heavy atom. The van der Waals surface area contributed by atoms with E-state index in [9.17, 15) is 4.79 Å². The van der Waals surface area contributed by atoms with E-state index in [0.29, 0.717) is 6.54 Å². The lowest BCUT2D eigenvalue weighted by atomic mass is 10.0. The molecule has 1 aromatic rings. The molecule has 0 saturated heterocycles. The summed E-state index contributed by atoms with van der Waals surface area (Å²) in [6.07, 6.45) is 2.07. The molecule has 0 radical (unpaired) electrons. The Morgan fingerprint density at radius 1 is 1.28 bits per heavy atom. The van der Waals surface area contributed by atoms with Crippen LogP contribution < -0.4 is 5.73 Å². The summed E-state index contributed by atoms with van der Waals surface area (Å²) >= 11 is 0. The van der Waals surface area contributed by atoms with E-state index in [1.807, 2.05) is 24.8 Å². The molecule has 98 valence electrons. The molecule has 1 amide bonds. The standard InChI is InChI=1S/C15H22N2O/c1-11(2)14(16)15(18)17-9-5-8-12-6-3-4-7-13(12)10-17/h3-4,6-7,11,14H,5,8-10,16H2,1-2H3/t14-/m1/s1. The topological polar surface area (TPSA) is 46.3 Å². The highest BCUT2D eigenvalue weighted by Gasteiger charge is 2.25. The number of rotatable bonds is 2. The van der Waals surface area contributed by atoms with Gasteiger partial charge in [-0.15, -0.1) is 0 Å². The van der Waals surface area contributed by atoms with Crippen molar-refractivity contribution in [3.8, 4) is 0 Å². The first-order valence-electron chi connectivity index (χ1n) is 6.70. The van der Waals surface area contributed by atoms with Crippen molar-refractivity contribution in [2.75, 3.05) is 6.54 Å². The number of hydrogen-bond acceptors (Lipinski definition) is 2. The van der Waals surface area contributed by atoms with Crippen molar-refractivity contribution < 1.29 is 4.79 Å². The number of carbonyl (C=O) groups is 1. The van der Waals surface area contributed by atoms with Crippen LogP contribution >= 0.6 is 0 Å². The lowest BCUT2D eigenvalue weighted by Gasteiger charge is -2.26. The van der Waals surface area contributed by atoms with Gasteiger partial charge in [0.2, 0.25) is 5.91 Å². The van der Waals surface area contributed by atoms with Gasteiger partial charge >= 0.3 is 0 Å². The van der Waals surface area contributed by atoms with Crippen LogP contribution in [-0.2, 0) is 17.8 Å². The van der Waals surface area contributed by atoms with Crippen LogP contribution in [0.3, 0.4) is 0 Å². The van der Waals surface area contributed by atoms with Crippen LogP contribution in [0.15, 0.2) is 24.3 Å². The molecule has 0 spiro atoms. The summed E-state index contributed by atoms with van der Waals surface area (Å²) in [6, 6.07) is 7.99. The molecule has 0 aliphatic carbocycles. The van der Waals surface area contributed by atoms with Gasteiger partial charge in [0, 0.05) is 13.1 Å². The Labute approximate surface area is 109 Å². The summed E-state index contributed by atoms with van der Waals surface area (Å²) in [7, 11) is 0. The summed E-state index contributed by atoms with van der Waals surface area (Å²) in [5, 5.41) is 0. The Bertz CT molecular complexity index is 428. The number of benzene rings is 1. The largest absolute Gasteiger partial charge is 0.337 e. The van der Waals surface area contributed by atoms with E-state index in [1.165, 1.54) is 11.1 Å². The van der Waals surface area contributed by atoms with Crippen molar-refractivity contribution >= 4 is 5.91 Å². The summed E-state index contributed by atoms with van der Waals surface area (Å²) in [4.78, 5) is 14.2. The molecule has 1 heterocycles. The minimum atomic E-state index is -0.379. The molecular formula is C15H22N2O. The number of hydrogen-bond donors (Lipinski definition) is 1. The van der Waals surface area contributed by atoms with Crippen LogP contribution in [-0.4, -0.2) is 23.4 Å². The van der Waals surface area contributed by atoms with Gasteiger partial charge in [-0.1, -0.05) is 38.1 Å². The Morgan fingerprint density at radius 2 is 1.94 bits per heavy atom. The zero-order chi connectivity index (χ0) is 13.1. The molecule has 2 N–H and O–H groups in total. The summed E-state index contributed by atoms with van der Waals surface area (Å²) in [6.45, 7) is 5.51. The van der Waals surface area contributed by atoms with Gasteiger partial charge < -0.3 is 10.6 Å². The number of nitrogens with two attached hydrogens (primary N) is 1. The SMILES string of the molecule is CC(C)[C@@H](N)C(=O)N1CCCc2ccccc2C1. The van der Waals surface area contributed by atoms with Gasteiger partial charge in [0.1, 0.15) is 0 Å². The van der Waals surface area contributed by atoms with E-state index in [1.54, 1.807) is 0 Å². The third-order valence-corrected chi connectivity index (χ3v) is 3.67. The van der Waals surface area contributed by atoms with Crippen LogP contribution in [0.5, 0.6) is 0 Å². The highest BCUT2D eigenvalue weighted by atomic mass is 16.2. The van der Waals surface area contributed by atoms with Gasteiger partial charge in [-0.25, -0.2) is 0 Å². The van der Waals surface area contributed by atoms with E-state index in [4.69, 9.17) is 5.73 Å². The average molecular weight is 246 g/mol. The minimum absolute atomic E-state index is 0.0849. The van der Waals surface area contributed by atoms with Gasteiger partial charge in [0.25, 0.3) is 0 Å². The molecular weight excluding hydrogens is 224 g/mol. The van der Waals surface area contributed by atoms with Crippen molar-refractivity contribution in [2.24, 2.45) is 11.7 Å². The summed E-state index contributed by atoms with van der Waals surface area (Å²) in [5.74, 6) is 0.276. The molecule has 0 fully saturated rings. The predicted octanol–water partition coefficient (Wildman–Crippen LogP) is 1.94. The first-order chi connectivity index (χ1) is 8.59. The fourth-order valence-electron chi connectivity index (χ4n) is 2.38. The van der Waals surface area contributed by atoms with E-state index in [0.717, 1.165) is 19.4 Å². The van der Waals surface area contributed by atoms with Crippen molar-refractivity contribution in [1.82, 2.24) is 4.90 Å². The first-order valence-corrected chi connectivity index (χ1v) is 6.70. The summed E-state index contributed by atoms with van der Waals surface area (Å²) in [5.41, 5.74) is 8.60. The third-order valence-electron chi connectivity index (χ3n) is 3.67. The van der Waals surface area contributed by atoms with Gasteiger partial charge in [-0.3, -0.25) is 4.79 Å². The second-order valence-corrected chi connectivity index (χ2v) is 5.40. The highest BCUT2D eigenvalue weighted by Crippen LogP contribution is 2.19. The lowest BCUT2D eigenvalue weighted by molar-refractivity contribution is -0.134. The molecule has 2 rings (SSSR count). The predicted molar refractivity (Wildman–Crippen MR) is 73.0 cm³/mol. The maximum absolute atomic E-state index is 12.3. The highest BCUT2D eigenvalue weighted by molar-refractivity contribution is 5.82. The smallest absolute Gasteiger partial charge is 0.240 e. The van der Waals surface area contributed by atoms with Gasteiger partial charge in [-0.05, 0) is 29.9 Å². The third kappa shape index (κ3) is 2.72. The maximum atomic E-state index is 12.3. The van der Waals surface area contributed by atoms with E-state index < -0.39 is 0 Å². The van der Waals surface area contributed by atoms with Crippen molar-refractivity contribution in [2.45, 2.75) is 39.3 Å². The van der Waals surface area contributed by atoms with E-state index in [-0.39, 0.29) is 17.9 Å². The number of carbonyl (C=O) groups excluding carboxylic acids is 1. The number of aryl methyl sites for hydroxylation is 1. The van der Waals surface area contributed by atoms with Crippen molar-refractivity contribution in [3.05, 3.63) is 35.4 Å². The van der Waals surface area contributed by atoms with E-state index >= 15 is 0 Å². The lowest BCUT2D eigenvalue weighted by Crippen LogP contribution is -2.46. The molecule has 0 saturated carbocycles. The first kappa shape index (κ1) is 13.1. The molecule has 1 aromatic carbocycles. The summed E-state index contributed by atoms with van der Waals surface area (Å²) < 4.78 is 0. The number of amides is 1. The minimum Gasteiger partial charge on any atom is -0.337 e. The fourth-order valence-corrected chi connectivity index (χ4v) is 2.38. The molecule has 0 unspecified atom stereocenters. The zero-order valence-electron chi connectivity index (χ0n) is 11.2. The quantitative estimate of drug-likeness (QED) is 0.867. The normalized spacial score (nSPS) is 17.2. The Kier molecular flexibility index (Phi) is 4.02. The van der Waals surface area contributed by atoms with Crippen molar-refractivity contribution in [1.29, 1.82) is 0 Å². The second kappa shape index (κ2) is 5.53. The molecule has 0 bridgehead atoms. The molecule has 3 nitrogen and oxygen atoms in total. The van der Waals surface area contributed by atoms with Crippen molar-refractivity contribution in [3.63, 3.8) is 0 Å². The monoisotopic (exact) mass is 246 g/mol. The molecule has 3 heteroatoms. The van der Waals surface area contributed by atoms with Gasteiger partial charge in [0.05, 0.1) is 6.04 Å². The van der Waals surface area contributed by atoms with Crippen LogP contribution in [0, 0.1) is 5.92 Å². The van der Waals surface area contributed by atoms with Crippen LogP contribution in [0.2, 0.25) is 0 Å². The Hall–Kier alpha value is -1.35. The zero-order valence-corrected chi connectivity index (χ0v) is 11.2.